The first-order valence-electron chi connectivity index (χ1n) is 12.3. The van der Waals surface area contributed by atoms with Gasteiger partial charge in [-0.15, -0.1) is 0 Å². The molecule has 0 aliphatic heterocycles. The van der Waals surface area contributed by atoms with Crippen LogP contribution in [-0.4, -0.2) is 56.5 Å². The molecule has 0 spiro atoms. The zero-order chi connectivity index (χ0) is 25.7. The minimum absolute atomic E-state index is 0.0191. The van der Waals surface area contributed by atoms with Crippen LogP contribution in [0.4, 0.5) is 11.5 Å². The highest BCUT2D eigenvalue weighted by atomic mass is 32.2. The number of esters is 1. The van der Waals surface area contributed by atoms with Crippen LogP contribution in [0.25, 0.3) is 0 Å². The molecule has 1 heterocycles. The van der Waals surface area contributed by atoms with Crippen molar-refractivity contribution in [2.45, 2.75) is 62.8 Å². The number of anilines is 2. The molecule has 2 aromatic rings. The Kier molecular flexibility index (Phi) is 8.20. The number of hydrogen-bond acceptors (Lipinski definition) is 8. The summed E-state index contributed by atoms with van der Waals surface area (Å²) in [5.41, 5.74) is 1.28. The lowest BCUT2D eigenvalue weighted by atomic mass is 9.94. The van der Waals surface area contributed by atoms with Gasteiger partial charge in [0, 0.05) is 24.3 Å². The quantitative estimate of drug-likeness (QED) is 0.462. The van der Waals surface area contributed by atoms with Crippen LogP contribution in [-0.2, 0) is 19.6 Å². The fraction of sp³-hybridized carbons (Fsp3) is 0.520. The summed E-state index contributed by atoms with van der Waals surface area (Å²) in [6.45, 7) is 2.19. The summed E-state index contributed by atoms with van der Waals surface area (Å²) in [7, 11) is -2.73. The van der Waals surface area contributed by atoms with Crippen molar-refractivity contribution in [3.63, 3.8) is 0 Å². The second-order valence-electron chi connectivity index (χ2n) is 9.48. The molecule has 10 nitrogen and oxygen atoms in total. The van der Waals surface area contributed by atoms with Gasteiger partial charge in [-0.2, -0.15) is 4.72 Å². The molecular weight excluding hydrogens is 482 g/mol. The molecule has 2 N–H and O–H groups in total. The highest BCUT2D eigenvalue weighted by Crippen LogP contribution is 2.34. The van der Waals surface area contributed by atoms with Crippen LogP contribution in [0.3, 0.4) is 0 Å². The summed E-state index contributed by atoms with van der Waals surface area (Å²) in [4.78, 5) is 35.4. The molecule has 0 unspecified atom stereocenters. The number of methoxy groups -OCH3 is 1. The zero-order valence-electron chi connectivity index (χ0n) is 20.7. The van der Waals surface area contributed by atoms with E-state index < -0.39 is 28.4 Å². The largest absolute Gasteiger partial charge is 0.468 e. The average molecular weight is 516 g/mol. The van der Waals surface area contributed by atoms with Gasteiger partial charge in [0.15, 0.2) is 0 Å². The number of nitrogens with zero attached hydrogens (tertiary/aromatic N) is 3. The number of hydrogen-bond donors (Lipinski definition) is 2. The summed E-state index contributed by atoms with van der Waals surface area (Å²) >= 11 is 0. The van der Waals surface area contributed by atoms with Crippen LogP contribution in [0.5, 0.6) is 0 Å². The van der Waals surface area contributed by atoms with Crippen molar-refractivity contribution in [1.82, 2.24) is 14.7 Å². The topological polar surface area (TPSA) is 131 Å². The second-order valence-corrected chi connectivity index (χ2v) is 11.2. The molecule has 2 fully saturated rings. The van der Waals surface area contributed by atoms with Gasteiger partial charge in [0.1, 0.15) is 24.4 Å². The van der Waals surface area contributed by atoms with Crippen LogP contribution in [0.2, 0.25) is 0 Å². The van der Waals surface area contributed by atoms with Crippen LogP contribution in [0, 0.1) is 12.8 Å². The number of aryl methyl sites for hydroxylation is 1. The van der Waals surface area contributed by atoms with Crippen molar-refractivity contribution in [3.8, 4) is 0 Å². The van der Waals surface area contributed by atoms with E-state index in [4.69, 9.17) is 0 Å². The van der Waals surface area contributed by atoms with Crippen molar-refractivity contribution in [3.05, 3.63) is 41.9 Å². The van der Waals surface area contributed by atoms with Gasteiger partial charge in [-0.25, -0.2) is 18.4 Å². The van der Waals surface area contributed by atoms with E-state index in [1.54, 1.807) is 13.0 Å². The van der Waals surface area contributed by atoms with Gasteiger partial charge < -0.3 is 15.0 Å². The highest BCUT2D eigenvalue weighted by Gasteiger charge is 2.30. The minimum atomic E-state index is -3.91. The van der Waals surface area contributed by atoms with Crippen LogP contribution in [0.1, 0.15) is 61.0 Å². The van der Waals surface area contributed by atoms with E-state index in [9.17, 15) is 18.0 Å². The normalized spacial score (nSPS) is 16.4. The maximum Gasteiger partial charge on any atom is 0.320 e. The van der Waals surface area contributed by atoms with Crippen molar-refractivity contribution >= 4 is 33.4 Å². The Morgan fingerprint density at radius 3 is 2.50 bits per heavy atom. The summed E-state index contributed by atoms with van der Waals surface area (Å²) in [6, 6.07) is 6.50. The first kappa shape index (κ1) is 26.0. The monoisotopic (exact) mass is 515 g/mol. The number of carbonyl (C=O) groups excluding carboxylic acids is 2. The SMILES string of the molecule is COC(=O)CNS(=O)(=O)c1ccc(NC(=O)c2cc(N(CC3CC3)C3CCCCC3)ncn2)c(C)c1. The van der Waals surface area contributed by atoms with Gasteiger partial charge in [-0.1, -0.05) is 19.3 Å². The Hall–Kier alpha value is -3.05. The maximum atomic E-state index is 13.0. The average Bonchev–Trinajstić information content (AvgIpc) is 3.72. The van der Waals surface area contributed by atoms with E-state index in [2.05, 4.69) is 29.6 Å². The standard InChI is InChI=1S/C25H33N5O5S/c1-17-12-20(36(33,34)28-14-24(31)35-2)10-11-21(17)29-25(32)22-13-23(27-16-26-22)30(15-18-8-9-18)19-6-4-3-5-7-19/h10-13,16,18-19,28H,3-9,14-15H2,1-2H3,(H,29,32). The Labute approximate surface area is 211 Å². The van der Waals surface area contributed by atoms with E-state index in [1.165, 1.54) is 63.7 Å². The molecule has 11 heteroatoms. The van der Waals surface area contributed by atoms with E-state index in [0.29, 0.717) is 23.2 Å². The summed E-state index contributed by atoms with van der Waals surface area (Å²) in [5.74, 6) is 0.390. The third-order valence-electron chi connectivity index (χ3n) is 6.74. The van der Waals surface area contributed by atoms with E-state index >= 15 is 0 Å². The first-order chi connectivity index (χ1) is 17.3. The lowest BCUT2D eigenvalue weighted by molar-refractivity contribution is -0.139. The Morgan fingerprint density at radius 1 is 1.08 bits per heavy atom. The molecule has 0 radical (unpaired) electrons. The van der Waals surface area contributed by atoms with Gasteiger partial charge in [0.25, 0.3) is 5.91 Å². The molecule has 0 saturated heterocycles. The Morgan fingerprint density at radius 2 is 1.83 bits per heavy atom. The molecule has 2 aliphatic rings. The van der Waals surface area contributed by atoms with Gasteiger partial charge in [-0.3, -0.25) is 9.59 Å². The van der Waals surface area contributed by atoms with Gasteiger partial charge in [-0.05, 0) is 62.3 Å². The number of sulfonamides is 1. The molecule has 2 aliphatic carbocycles. The Balaban J connectivity index is 1.47. The lowest BCUT2D eigenvalue weighted by Gasteiger charge is -2.35. The van der Waals surface area contributed by atoms with Crippen molar-refractivity contribution < 1.29 is 22.7 Å². The predicted molar refractivity (Wildman–Crippen MR) is 135 cm³/mol. The molecule has 0 bridgehead atoms. The van der Waals surface area contributed by atoms with Crippen molar-refractivity contribution in [2.75, 3.05) is 30.4 Å². The van der Waals surface area contributed by atoms with Gasteiger partial charge in [0.2, 0.25) is 10.0 Å². The molecule has 1 aromatic heterocycles. The molecule has 36 heavy (non-hydrogen) atoms. The van der Waals surface area contributed by atoms with Crippen molar-refractivity contribution in [1.29, 1.82) is 0 Å². The zero-order valence-corrected chi connectivity index (χ0v) is 21.5. The van der Waals surface area contributed by atoms with Gasteiger partial charge >= 0.3 is 5.97 Å². The number of benzene rings is 1. The maximum absolute atomic E-state index is 13.0. The number of amides is 1. The lowest BCUT2D eigenvalue weighted by Crippen LogP contribution is -2.39. The summed E-state index contributed by atoms with van der Waals surface area (Å²) < 4.78 is 31.5. The second kappa shape index (κ2) is 11.3. The minimum Gasteiger partial charge on any atom is -0.468 e. The highest BCUT2D eigenvalue weighted by molar-refractivity contribution is 7.89. The smallest absolute Gasteiger partial charge is 0.320 e. The Bertz CT molecular complexity index is 1210. The molecule has 1 aromatic carbocycles. The van der Waals surface area contributed by atoms with E-state index in [-0.39, 0.29) is 10.6 Å². The van der Waals surface area contributed by atoms with E-state index in [1.807, 2.05) is 0 Å². The fourth-order valence-electron chi connectivity index (χ4n) is 4.47. The van der Waals surface area contributed by atoms with Crippen LogP contribution >= 0.6 is 0 Å². The molecular formula is C25H33N5O5S. The number of nitrogens with one attached hydrogen (secondary N) is 2. The molecule has 2 saturated carbocycles. The predicted octanol–water partition coefficient (Wildman–Crippen LogP) is 3.04. The summed E-state index contributed by atoms with van der Waals surface area (Å²) in [6.07, 6.45) is 9.90. The number of rotatable bonds is 10. The number of ether oxygens (including phenoxy) is 1. The number of carbonyl (C=O) groups is 2. The van der Waals surface area contributed by atoms with E-state index in [0.717, 1.165) is 25.2 Å². The molecule has 194 valence electrons. The molecule has 0 atom stereocenters. The third kappa shape index (κ3) is 6.58. The molecule has 1 amide bonds. The van der Waals surface area contributed by atoms with Crippen LogP contribution < -0.4 is 14.9 Å². The van der Waals surface area contributed by atoms with Gasteiger partial charge in [0.05, 0.1) is 12.0 Å². The molecule has 4 rings (SSSR count). The van der Waals surface area contributed by atoms with Crippen LogP contribution in [0.15, 0.2) is 35.5 Å². The number of aromatic nitrogens is 2. The third-order valence-corrected chi connectivity index (χ3v) is 8.14. The fourth-order valence-corrected chi connectivity index (χ4v) is 5.52. The first-order valence-corrected chi connectivity index (χ1v) is 13.8. The summed E-state index contributed by atoms with van der Waals surface area (Å²) in [5, 5.41) is 2.83. The van der Waals surface area contributed by atoms with Crippen molar-refractivity contribution in [2.24, 2.45) is 5.92 Å².